The standard InChI is InChI=1S/C6H11N3O2/c1-4(6(10)11)3-5(2)8-9-7/h4-5H,3H2,1-2H3,(H,10,11). The summed E-state index contributed by atoms with van der Waals surface area (Å²) in [6, 6.07) is -0.244. The SMILES string of the molecule is CC(CC(C)C(=O)O)N=[N+]=[N-]. The molecule has 0 aliphatic heterocycles. The van der Waals surface area contributed by atoms with Crippen LogP contribution in [0.5, 0.6) is 0 Å². The van der Waals surface area contributed by atoms with E-state index >= 15 is 0 Å². The lowest BCUT2D eigenvalue weighted by atomic mass is 10.0. The maximum Gasteiger partial charge on any atom is 0.306 e. The van der Waals surface area contributed by atoms with Crippen LogP contribution in [0.1, 0.15) is 20.3 Å². The average molecular weight is 157 g/mol. The van der Waals surface area contributed by atoms with Crippen molar-refractivity contribution in [3.63, 3.8) is 0 Å². The summed E-state index contributed by atoms with van der Waals surface area (Å²) < 4.78 is 0. The van der Waals surface area contributed by atoms with Gasteiger partial charge in [0.05, 0.1) is 5.92 Å². The van der Waals surface area contributed by atoms with Crippen LogP contribution in [-0.2, 0) is 4.79 Å². The first-order chi connectivity index (χ1) is 5.07. The first-order valence-electron chi connectivity index (χ1n) is 3.35. The molecule has 62 valence electrons. The zero-order chi connectivity index (χ0) is 8.85. The summed E-state index contributed by atoms with van der Waals surface area (Å²) in [4.78, 5) is 12.9. The largest absolute Gasteiger partial charge is 0.481 e. The van der Waals surface area contributed by atoms with Crippen LogP contribution in [0, 0.1) is 5.92 Å². The molecule has 0 heterocycles. The maximum atomic E-state index is 10.3. The van der Waals surface area contributed by atoms with Crippen molar-refractivity contribution in [3.8, 4) is 0 Å². The van der Waals surface area contributed by atoms with Crippen molar-refractivity contribution in [2.24, 2.45) is 11.0 Å². The van der Waals surface area contributed by atoms with Gasteiger partial charge in [-0.25, -0.2) is 0 Å². The molecule has 2 atom stereocenters. The molecule has 0 aromatic carbocycles. The molecule has 0 bridgehead atoms. The molecule has 0 amide bonds. The van der Waals surface area contributed by atoms with Crippen LogP contribution >= 0.6 is 0 Å². The maximum absolute atomic E-state index is 10.3. The van der Waals surface area contributed by atoms with Crippen LogP contribution in [0.25, 0.3) is 10.4 Å². The third-order valence-corrected chi connectivity index (χ3v) is 1.36. The van der Waals surface area contributed by atoms with E-state index in [4.69, 9.17) is 10.6 Å². The van der Waals surface area contributed by atoms with Gasteiger partial charge in [0.1, 0.15) is 0 Å². The molecule has 0 saturated carbocycles. The van der Waals surface area contributed by atoms with E-state index in [0.717, 1.165) is 0 Å². The molecule has 5 heteroatoms. The summed E-state index contributed by atoms with van der Waals surface area (Å²) in [5, 5.41) is 11.8. The fraction of sp³-hybridized carbons (Fsp3) is 0.833. The summed E-state index contributed by atoms with van der Waals surface area (Å²) in [6.07, 6.45) is 0.388. The minimum Gasteiger partial charge on any atom is -0.481 e. The van der Waals surface area contributed by atoms with Gasteiger partial charge in [-0.05, 0) is 12.0 Å². The number of carbonyl (C=O) groups is 1. The second-order valence-corrected chi connectivity index (χ2v) is 2.53. The summed E-state index contributed by atoms with van der Waals surface area (Å²) in [5.74, 6) is -1.31. The Morgan fingerprint density at radius 2 is 2.27 bits per heavy atom. The van der Waals surface area contributed by atoms with E-state index in [2.05, 4.69) is 10.0 Å². The quantitative estimate of drug-likeness (QED) is 0.383. The summed E-state index contributed by atoms with van der Waals surface area (Å²) >= 11 is 0. The lowest BCUT2D eigenvalue weighted by Crippen LogP contribution is -2.14. The fourth-order valence-corrected chi connectivity index (χ4v) is 0.748. The number of hydrogen-bond donors (Lipinski definition) is 1. The predicted octanol–water partition coefficient (Wildman–Crippen LogP) is 1.80. The molecule has 1 N–H and O–H groups in total. The smallest absolute Gasteiger partial charge is 0.306 e. The second kappa shape index (κ2) is 4.57. The van der Waals surface area contributed by atoms with Crippen LogP contribution < -0.4 is 0 Å². The highest BCUT2D eigenvalue weighted by molar-refractivity contribution is 5.69. The van der Waals surface area contributed by atoms with Crippen LogP contribution in [0.3, 0.4) is 0 Å². The summed E-state index contributed by atoms with van der Waals surface area (Å²) in [5.41, 5.74) is 8.00. The molecular formula is C6H11N3O2. The molecule has 0 rings (SSSR count). The highest BCUT2D eigenvalue weighted by Crippen LogP contribution is 2.08. The Labute approximate surface area is 64.7 Å². The minimum absolute atomic E-state index is 0.244. The zero-order valence-corrected chi connectivity index (χ0v) is 6.56. The van der Waals surface area contributed by atoms with Gasteiger partial charge in [0.2, 0.25) is 0 Å². The molecular weight excluding hydrogens is 146 g/mol. The Morgan fingerprint density at radius 1 is 1.73 bits per heavy atom. The number of azide groups is 1. The Balaban J connectivity index is 3.84. The van der Waals surface area contributed by atoms with Gasteiger partial charge in [0, 0.05) is 11.0 Å². The molecule has 0 spiro atoms. The summed E-state index contributed by atoms with van der Waals surface area (Å²) in [6.45, 7) is 3.28. The number of carboxylic acids is 1. The summed E-state index contributed by atoms with van der Waals surface area (Å²) in [7, 11) is 0. The van der Waals surface area contributed by atoms with E-state index in [-0.39, 0.29) is 6.04 Å². The van der Waals surface area contributed by atoms with E-state index in [0.29, 0.717) is 6.42 Å². The highest BCUT2D eigenvalue weighted by Gasteiger charge is 2.13. The first-order valence-corrected chi connectivity index (χ1v) is 3.35. The van der Waals surface area contributed by atoms with Gasteiger partial charge in [-0.15, -0.1) is 0 Å². The molecule has 0 saturated heterocycles. The van der Waals surface area contributed by atoms with Crippen molar-refractivity contribution in [2.75, 3.05) is 0 Å². The van der Waals surface area contributed by atoms with E-state index in [1.54, 1.807) is 13.8 Å². The highest BCUT2D eigenvalue weighted by atomic mass is 16.4. The van der Waals surface area contributed by atoms with Crippen molar-refractivity contribution >= 4 is 5.97 Å². The molecule has 11 heavy (non-hydrogen) atoms. The zero-order valence-electron chi connectivity index (χ0n) is 6.56. The molecule has 0 aromatic rings. The Hall–Kier alpha value is -1.22. The van der Waals surface area contributed by atoms with Crippen LogP contribution in [0.4, 0.5) is 0 Å². The van der Waals surface area contributed by atoms with Gasteiger partial charge in [0.25, 0.3) is 0 Å². The second-order valence-electron chi connectivity index (χ2n) is 2.53. The van der Waals surface area contributed by atoms with Crippen LogP contribution in [0.2, 0.25) is 0 Å². The van der Waals surface area contributed by atoms with Gasteiger partial charge in [-0.3, -0.25) is 4.79 Å². The number of hydrogen-bond acceptors (Lipinski definition) is 2. The van der Waals surface area contributed by atoms with Gasteiger partial charge in [-0.1, -0.05) is 19.0 Å². The van der Waals surface area contributed by atoms with E-state index < -0.39 is 11.9 Å². The third-order valence-electron chi connectivity index (χ3n) is 1.36. The van der Waals surface area contributed by atoms with Crippen molar-refractivity contribution in [1.82, 2.24) is 0 Å². The molecule has 5 nitrogen and oxygen atoms in total. The van der Waals surface area contributed by atoms with Crippen molar-refractivity contribution in [3.05, 3.63) is 10.4 Å². The number of rotatable bonds is 4. The third kappa shape index (κ3) is 4.22. The molecule has 0 radical (unpaired) electrons. The van der Waals surface area contributed by atoms with Gasteiger partial charge in [0.15, 0.2) is 0 Å². The van der Waals surface area contributed by atoms with Crippen LogP contribution in [-0.4, -0.2) is 17.1 Å². The molecule has 2 unspecified atom stereocenters. The Kier molecular flexibility index (Phi) is 4.07. The molecule has 0 fully saturated rings. The number of aliphatic carboxylic acids is 1. The number of carboxylic acid groups (broad SMARTS) is 1. The first kappa shape index (κ1) is 9.78. The van der Waals surface area contributed by atoms with E-state index in [1.165, 1.54) is 0 Å². The normalized spacial score (nSPS) is 14.7. The monoisotopic (exact) mass is 157 g/mol. The van der Waals surface area contributed by atoms with Gasteiger partial charge >= 0.3 is 5.97 Å². The lowest BCUT2D eigenvalue weighted by molar-refractivity contribution is -0.141. The van der Waals surface area contributed by atoms with E-state index in [1.807, 2.05) is 0 Å². The topological polar surface area (TPSA) is 86.1 Å². The number of nitrogens with zero attached hydrogens (tertiary/aromatic N) is 3. The van der Waals surface area contributed by atoms with Gasteiger partial charge in [-0.2, -0.15) is 0 Å². The molecule has 0 aliphatic carbocycles. The van der Waals surface area contributed by atoms with Crippen molar-refractivity contribution in [2.45, 2.75) is 26.3 Å². The fourth-order valence-electron chi connectivity index (χ4n) is 0.748. The minimum atomic E-state index is -0.856. The van der Waals surface area contributed by atoms with Crippen LogP contribution in [0.15, 0.2) is 5.11 Å². The Bertz CT molecular complexity index is 180. The van der Waals surface area contributed by atoms with E-state index in [9.17, 15) is 4.79 Å². The molecule has 0 aliphatic rings. The lowest BCUT2D eigenvalue weighted by Gasteiger charge is -2.07. The molecule has 0 aromatic heterocycles. The average Bonchev–Trinajstić information content (AvgIpc) is 1.87. The Morgan fingerprint density at radius 3 is 2.64 bits per heavy atom. The predicted molar refractivity (Wildman–Crippen MR) is 40.0 cm³/mol. The van der Waals surface area contributed by atoms with Gasteiger partial charge < -0.3 is 5.11 Å². The van der Waals surface area contributed by atoms with Crippen molar-refractivity contribution in [1.29, 1.82) is 0 Å². The van der Waals surface area contributed by atoms with Crippen molar-refractivity contribution < 1.29 is 9.90 Å².